The Bertz CT molecular complexity index is 155. The predicted octanol–water partition coefficient (Wildman–Crippen LogP) is -2.62. The number of hydrogen-bond donors (Lipinski definition) is 4. The first-order valence-corrected chi connectivity index (χ1v) is 3.80. The number of aliphatic hydroxyl groups excluding tert-OH is 4. The predicted molar refractivity (Wildman–Crippen MR) is 41.5 cm³/mol. The van der Waals surface area contributed by atoms with Crippen LogP contribution in [0.2, 0.25) is 0 Å². The normalized spacial score (nSPS) is 44.8. The number of likely N-dealkylation sites (tertiary alicyclic amines) is 1. The first kappa shape index (κ1) is 8.40. The summed E-state index contributed by atoms with van der Waals surface area (Å²) >= 11 is 0. The Morgan fingerprint density at radius 3 is 1.83 bits per heavy atom. The van der Waals surface area contributed by atoms with E-state index in [-0.39, 0.29) is 20.2 Å². The van der Waals surface area contributed by atoms with Gasteiger partial charge in [-0.3, -0.25) is 4.90 Å². The topological polar surface area (TPSA) is 84.2 Å². The van der Waals surface area contributed by atoms with E-state index in [0.29, 0.717) is 0 Å². The van der Waals surface area contributed by atoms with Crippen molar-refractivity contribution in [2.75, 3.05) is 20.2 Å². The van der Waals surface area contributed by atoms with Crippen LogP contribution >= 0.6 is 0 Å². The first-order chi connectivity index (χ1) is 6.17. The summed E-state index contributed by atoms with van der Waals surface area (Å²) < 4.78 is 7.13. The van der Waals surface area contributed by atoms with Gasteiger partial charge in [-0.1, -0.05) is 0 Å². The molecule has 0 aliphatic carbocycles. The van der Waals surface area contributed by atoms with Crippen molar-refractivity contribution in [3.63, 3.8) is 0 Å². The molecule has 72 valence electrons. The molecule has 0 bridgehead atoms. The van der Waals surface area contributed by atoms with Gasteiger partial charge in [-0.25, -0.2) is 0 Å². The van der Waals surface area contributed by atoms with Crippen LogP contribution < -0.4 is 0 Å². The molecule has 1 rings (SSSR count). The summed E-state index contributed by atoms with van der Waals surface area (Å²) in [5, 5.41) is 36.6. The van der Waals surface area contributed by atoms with Gasteiger partial charge in [-0.15, -0.1) is 0 Å². The van der Waals surface area contributed by atoms with Gasteiger partial charge in [-0.2, -0.15) is 0 Å². The molecule has 1 aliphatic rings. The summed E-state index contributed by atoms with van der Waals surface area (Å²) in [5.74, 6) is 0. The highest BCUT2D eigenvalue weighted by Crippen LogP contribution is 2.22. The summed E-state index contributed by atoms with van der Waals surface area (Å²) in [5.41, 5.74) is 0. The third-order valence-electron chi connectivity index (χ3n) is 2.36. The second-order valence-electron chi connectivity index (χ2n) is 3.00. The monoisotopic (exact) mass is 178 g/mol. The van der Waals surface area contributed by atoms with E-state index in [4.69, 9.17) is 11.6 Å². The number of aliphatic hydroxyl groups is 4. The molecular formula is C7H15NO4. The number of nitrogens with zero attached hydrogens (tertiary/aromatic N) is 1. The van der Waals surface area contributed by atoms with E-state index in [1.807, 2.05) is 0 Å². The summed E-state index contributed by atoms with van der Waals surface area (Å²) in [6.07, 6.45) is -2.18. The molecule has 12 heavy (non-hydrogen) atoms. The average Bonchev–Trinajstić information content (AvgIpc) is 2.38. The van der Waals surface area contributed by atoms with E-state index in [1.165, 1.54) is 4.90 Å². The molecule has 0 amide bonds. The fraction of sp³-hybridized carbons (Fsp3) is 1.00. The van der Waals surface area contributed by atoms with E-state index in [9.17, 15) is 10.2 Å². The molecule has 0 saturated carbocycles. The highest BCUT2D eigenvalue weighted by molar-refractivity contribution is 4.98. The van der Waals surface area contributed by atoms with Gasteiger partial charge in [-0.05, 0) is 7.02 Å². The molecule has 5 nitrogen and oxygen atoms in total. The van der Waals surface area contributed by atoms with E-state index in [1.54, 1.807) is 0 Å². The Balaban J connectivity index is 2.76. The largest absolute Gasteiger partial charge is 0.395 e. The lowest BCUT2D eigenvalue weighted by Gasteiger charge is -2.22. The summed E-state index contributed by atoms with van der Waals surface area (Å²) in [6.45, 7) is -0.652. The third kappa shape index (κ3) is 1.34. The van der Waals surface area contributed by atoms with Crippen LogP contribution in [0.25, 0.3) is 0 Å². The van der Waals surface area contributed by atoms with Crippen molar-refractivity contribution in [2.24, 2.45) is 0 Å². The van der Waals surface area contributed by atoms with Gasteiger partial charge in [0.1, 0.15) is 0 Å². The van der Waals surface area contributed by atoms with Gasteiger partial charge in [0.05, 0.1) is 37.5 Å². The van der Waals surface area contributed by atoms with Crippen molar-refractivity contribution >= 4 is 0 Å². The number of likely N-dealkylation sites (N-methyl/N-ethyl adjacent to an activating group) is 1. The minimum absolute atomic E-state index is 0.162. The van der Waals surface area contributed by atoms with E-state index < -0.39 is 24.3 Å². The third-order valence-corrected chi connectivity index (χ3v) is 2.36. The van der Waals surface area contributed by atoms with Crippen LogP contribution in [0.3, 0.4) is 0 Å². The van der Waals surface area contributed by atoms with Crippen LogP contribution in [-0.2, 0) is 0 Å². The van der Waals surface area contributed by atoms with E-state index >= 15 is 0 Å². The van der Waals surface area contributed by atoms with Crippen LogP contribution in [0.1, 0.15) is 1.37 Å². The fourth-order valence-corrected chi connectivity index (χ4v) is 1.52. The van der Waals surface area contributed by atoms with Crippen LogP contribution in [0.15, 0.2) is 0 Å². The van der Waals surface area contributed by atoms with E-state index in [2.05, 4.69) is 0 Å². The van der Waals surface area contributed by atoms with Gasteiger partial charge < -0.3 is 20.4 Å². The molecule has 1 saturated heterocycles. The number of rotatable bonds is 2. The van der Waals surface area contributed by atoms with Gasteiger partial charge in [0, 0.05) is 1.37 Å². The van der Waals surface area contributed by atoms with Crippen molar-refractivity contribution in [3.05, 3.63) is 0 Å². The molecule has 1 heterocycles. The van der Waals surface area contributed by atoms with Crippen LogP contribution in [0.4, 0.5) is 0 Å². The maximum atomic E-state index is 9.41. The summed E-state index contributed by atoms with van der Waals surface area (Å²) in [4.78, 5) is 1.38. The fourth-order valence-electron chi connectivity index (χ4n) is 1.52. The molecule has 4 atom stereocenters. The zero-order chi connectivity index (χ0) is 10.0. The Labute approximate surface area is 72.3 Å². The second kappa shape index (κ2) is 3.68. The average molecular weight is 178 g/mol. The van der Waals surface area contributed by atoms with Gasteiger partial charge in [0.15, 0.2) is 0 Å². The molecule has 0 unspecified atom stereocenters. The maximum Gasteiger partial charge on any atom is 0.0992 e. The van der Waals surface area contributed by atoms with Crippen LogP contribution in [0, 0.1) is 0 Å². The van der Waals surface area contributed by atoms with Crippen LogP contribution in [-0.4, -0.2) is 69.9 Å². The molecule has 0 spiro atoms. The maximum absolute atomic E-state index is 9.41. The highest BCUT2D eigenvalue weighted by Gasteiger charge is 2.44. The highest BCUT2D eigenvalue weighted by atomic mass is 16.3. The summed E-state index contributed by atoms with van der Waals surface area (Å²) in [6, 6.07) is -1.30. The molecule has 0 aromatic rings. The first-order valence-electron chi connectivity index (χ1n) is 4.51. The van der Waals surface area contributed by atoms with Gasteiger partial charge in [0.2, 0.25) is 0 Å². The lowest BCUT2D eigenvalue weighted by molar-refractivity contribution is 0.0130. The molecule has 4 N–H and O–H groups in total. The molecule has 1 aliphatic heterocycles. The number of hydrogen-bond acceptors (Lipinski definition) is 5. The quantitative estimate of drug-likeness (QED) is 0.372. The van der Waals surface area contributed by atoms with Crippen molar-refractivity contribution in [3.8, 4) is 0 Å². The SMILES string of the molecule is [2H]CN1[C@@H](CO)[C@@H](O)[C@H](O)[C@@H]1CO. The molecular weight excluding hydrogens is 162 g/mol. The molecule has 0 radical (unpaired) electrons. The zero-order valence-corrected chi connectivity index (χ0v) is 6.67. The standard InChI is InChI=1S/C7H15NO4/c1-8-4(2-9)6(11)7(12)5(8)3-10/h4-7,9-12H,2-3H2,1H3/t4-,5-,6+,7+/m0/s1/i1D. The lowest BCUT2D eigenvalue weighted by atomic mass is 10.1. The van der Waals surface area contributed by atoms with E-state index in [0.717, 1.165) is 0 Å². The van der Waals surface area contributed by atoms with Crippen molar-refractivity contribution in [1.29, 1.82) is 0 Å². The molecule has 1 fully saturated rings. The van der Waals surface area contributed by atoms with Crippen molar-refractivity contribution in [1.82, 2.24) is 4.90 Å². The molecule has 0 aromatic carbocycles. The zero-order valence-electron chi connectivity index (χ0n) is 7.67. The Hall–Kier alpha value is -0.200. The van der Waals surface area contributed by atoms with Crippen molar-refractivity contribution < 1.29 is 21.8 Å². The Morgan fingerprint density at radius 2 is 1.58 bits per heavy atom. The minimum Gasteiger partial charge on any atom is -0.395 e. The second-order valence-corrected chi connectivity index (χ2v) is 3.00. The Kier molecular flexibility index (Phi) is 2.57. The van der Waals surface area contributed by atoms with Crippen LogP contribution in [0.5, 0.6) is 0 Å². The molecule has 5 heteroatoms. The van der Waals surface area contributed by atoms with Crippen molar-refractivity contribution in [2.45, 2.75) is 24.3 Å². The Morgan fingerprint density at radius 1 is 1.17 bits per heavy atom. The summed E-state index contributed by atoms with van der Waals surface area (Å²) in [7, 11) is -0.162. The lowest BCUT2D eigenvalue weighted by Crippen LogP contribution is -2.39. The smallest absolute Gasteiger partial charge is 0.0992 e. The van der Waals surface area contributed by atoms with Gasteiger partial charge >= 0.3 is 0 Å². The van der Waals surface area contributed by atoms with Gasteiger partial charge in [0.25, 0.3) is 0 Å². The molecule has 0 aromatic heterocycles. The minimum atomic E-state index is -1.09.